The van der Waals surface area contributed by atoms with Crippen molar-refractivity contribution in [2.75, 3.05) is 25.6 Å². The number of benzene rings is 1. The summed E-state index contributed by atoms with van der Waals surface area (Å²) in [5.74, 6) is -2.50. The van der Waals surface area contributed by atoms with Gasteiger partial charge in [-0.2, -0.15) is 13.2 Å². The fourth-order valence-corrected chi connectivity index (χ4v) is 1.75. The molecule has 5 nitrogen and oxygen atoms in total. The molecule has 0 saturated heterocycles. The Bertz CT molecular complexity index is 477. The minimum atomic E-state index is -4.60. The highest BCUT2D eigenvalue weighted by Crippen LogP contribution is 2.31. The summed E-state index contributed by atoms with van der Waals surface area (Å²) < 4.78 is 43.7. The van der Waals surface area contributed by atoms with Crippen molar-refractivity contribution in [2.24, 2.45) is 16.8 Å². The number of ether oxygens (including phenoxy) is 1. The van der Waals surface area contributed by atoms with Crippen molar-refractivity contribution in [2.45, 2.75) is 6.18 Å². The molecule has 0 aliphatic rings. The van der Waals surface area contributed by atoms with Crippen molar-refractivity contribution < 1.29 is 23.1 Å². The Morgan fingerprint density at radius 2 is 2.05 bits per heavy atom. The molecule has 112 valence electrons. The van der Waals surface area contributed by atoms with E-state index in [1.807, 2.05) is 0 Å². The fraction of sp³-hybridized carbons (Fsp3) is 0.417. The summed E-state index contributed by atoms with van der Waals surface area (Å²) in [6.07, 6.45) is -4.60. The second-order valence-electron chi connectivity index (χ2n) is 4.17. The highest BCUT2D eigenvalue weighted by Gasteiger charge is 2.43. The number of nitrogens with two attached hydrogens (primary N) is 1. The van der Waals surface area contributed by atoms with Crippen molar-refractivity contribution in [3.8, 4) is 5.75 Å². The lowest BCUT2D eigenvalue weighted by atomic mass is 10.1. The first-order valence-electron chi connectivity index (χ1n) is 5.69. The Kier molecular flexibility index (Phi) is 5.06. The van der Waals surface area contributed by atoms with Gasteiger partial charge in [0, 0.05) is 13.6 Å². The van der Waals surface area contributed by atoms with Crippen LogP contribution < -0.4 is 15.4 Å². The SMILES string of the molecule is COc1ccccc1N(C)CC(/C(N)=N/O)C(F)(F)F. The molecule has 0 fully saturated rings. The Morgan fingerprint density at radius 3 is 2.55 bits per heavy atom. The Morgan fingerprint density at radius 1 is 1.45 bits per heavy atom. The van der Waals surface area contributed by atoms with Crippen LogP contribution in [0.4, 0.5) is 18.9 Å². The van der Waals surface area contributed by atoms with E-state index in [9.17, 15) is 13.2 Å². The van der Waals surface area contributed by atoms with Crippen LogP contribution in [0.5, 0.6) is 5.75 Å². The second kappa shape index (κ2) is 6.36. The maximum absolute atomic E-state index is 12.9. The van der Waals surface area contributed by atoms with Gasteiger partial charge in [-0.25, -0.2) is 0 Å². The zero-order valence-corrected chi connectivity index (χ0v) is 11.1. The summed E-state index contributed by atoms with van der Waals surface area (Å²) >= 11 is 0. The summed E-state index contributed by atoms with van der Waals surface area (Å²) in [6.45, 7) is -0.486. The van der Waals surface area contributed by atoms with Gasteiger partial charge in [-0.15, -0.1) is 0 Å². The van der Waals surface area contributed by atoms with Crippen LogP contribution in [0, 0.1) is 5.92 Å². The second-order valence-corrected chi connectivity index (χ2v) is 4.17. The quantitative estimate of drug-likeness (QED) is 0.377. The van der Waals surface area contributed by atoms with Gasteiger partial charge in [0.1, 0.15) is 11.7 Å². The lowest BCUT2D eigenvalue weighted by Gasteiger charge is -2.27. The van der Waals surface area contributed by atoms with Gasteiger partial charge < -0.3 is 20.6 Å². The average Bonchev–Trinajstić information content (AvgIpc) is 2.42. The molecule has 0 aliphatic carbocycles. The normalized spacial score (nSPS) is 13.9. The van der Waals surface area contributed by atoms with Crippen LogP contribution in [0.25, 0.3) is 0 Å². The first-order valence-corrected chi connectivity index (χ1v) is 5.69. The molecule has 1 atom stereocenters. The van der Waals surface area contributed by atoms with Gasteiger partial charge in [0.2, 0.25) is 0 Å². The van der Waals surface area contributed by atoms with E-state index < -0.39 is 24.5 Å². The van der Waals surface area contributed by atoms with Crippen LogP contribution in [-0.4, -0.2) is 37.9 Å². The van der Waals surface area contributed by atoms with Gasteiger partial charge in [-0.1, -0.05) is 17.3 Å². The van der Waals surface area contributed by atoms with Crippen LogP contribution in [0.2, 0.25) is 0 Å². The molecule has 3 N–H and O–H groups in total. The summed E-state index contributed by atoms with van der Waals surface area (Å²) in [5.41, 5.74) is 5.60. The molecule has 1 aromatic carbocycles. The van der Waals surface area contributed by atoms with Crippen molar-refractivity contribution in [1.29, 1.82) is 0 Å². The number of rotatable bonds is 5. The topological polar surface area (TPSA) is 71.1 Å². The third-order valence-corrected chi connectivity index (χ3v) is 2.82. The van der Waals surface area contributed by atoms with E-state index in [-0.39, 0.29) is 0 Å². The molecule has 1 aromatic rings. The van der Waals surface area contributed by atoms with Gasteiger partial charge in [-0.3, -0.25) is 0 Å². The average molecular weight is 291 g/mol. The van der Waals surface area contributed by atoms with E-state index in [1.165, 1.54) is 19.1 Å². The number of hydrogen-bond donors (Lipinski definition) is 2. The summed E-state index contributed by atoms with van der Waals surface area (Å²) in [6, 6.07) is 6.65. The largest absolute Gasteiger partial charge is 0.495 e. The minimum Gasteiger partial charge on any atom is -0.495 e. The van der Waals surface area contributed by atoms with Crippen molar-refractivity contribution in [3.63, 3.8) is 0 Å². The van der Waals surface area contributed by atoms with Crippen molar-refractivity contribution in [1.82, 2.24) is 0 Å². The predicted molar refractivity (Wildman–Crippen MR) is 69.2 cm³/mol. The highest BCUT2D eigenvalue weighted by atomic mass is 19.4. The van der Waals surface area contributed by atoms with Crippen molar-refractivity contribution in [3.05, 3.63) is 24.3 Å². The first kappa shape index (κ1) is 15.9. The van der Waals surface area contributed by atoms with Crippen molar-refractivity contribution >= 4 is 11.5 Å². The van der Waals surface area contributed by atoms with Crippen LogP contribution in [0.1, 0.15) is 0 Å². The Hall–Kier alpha value is -2.12. The minimum absolute atomic E-state index is 0.440. The van der Waals surface area contributed by atoms with Crippen LogP contribution in [0.15, 0.2) is 29.4 Å². The molecular formula is C12H16F3N3O2. The van der Waals surface area contributed by atoms with Crippen LogP contribution in [-0.2, 0) is 0 Å². The summed E-state index contributed by atoms with van der Waals surface area (Å²) in [4.78, 5) is 1.34. The number of para-hydroxylation sites is 2. The highest BCUT2D eigenvalue weighted by molar-refractivity contribution is 5.83. The van der Waals surface area contributed by atoms with Crippen LogP contribution in [0.3, 0.4) is 0 Å². The molecular weight excluding hydrogens is 275 g/mol. The van der Waals surface area contributed by atoms with Gasteiger partial charge in [0.15, 0.2) is 5.84 Å². The number of hydrogen-bond acceptors (Lipinski definition) is 4. The summed E-state index contributed by atoms with van der Waals surface area (Å²) in [5, 5.41) is 10.9. The number of methoxy groups -OCH3 is 1. The predicted octanol–water partition coefficient (Wildman–Crippen LogP) is 2.06. The molecule has 20 heavy (non-hydrogen) atoms. The Balaban J connectivity index is 3.00. The van der Waals surface area contributed by atoms with Gasteiger partial charge in [0.25, 0.3) is 0 Å². The van der Waals surface area contributed by atoms with Gasteiger partial charge >= 0.3 is 6.18 Å². The maximum Gasteiger partial charge on any atom is 0.400 e. The van der Waals surface area contributed by atoms with E-state index >= 15 is 0 Å². The molecule has 1 rings (SSSR count). The molecule has 0 saturated carbocycles. The molecule has 0 aliphatic heterocycles. The smallest absolute Gasteiger partial charge is 0.400 e. The monoisotopic (exact) mass is 291 g/mol. The Labute approximate surface area is 114 Å². The maximum atomic E-state index is 12.9. The number of alkyl halides is 3. The number of oxime groups is 1. The number of amidine groups is 1. The summed E-state index contributed by atoms with van der Waals surface area (Å²) in [7, 11) is 2.90. The van der Waals surface area contributed by atoms with Gasteiger partial charge in [0.05, 0.1) is 12.8 Å². The van der Waals surface area contributed by atoms with E-state index in [4.69, 9.17) is 15.7 Å². The van der Waals surface area contributed by atoms with E-state index in [1.54, 1.807) is 24.3 Å². The molecule has 0 bridgehead atoms. The number of anilines is 1. The third-order valence-electron chi connectivity index (χ3n) is 2.82. The number of nitrogens with zero attached hydrogens (tertiary/aromatic N) is 2. The lowest BCUT2D eigenvalue weighted by molar-refractivity contribution is -0.153. The first-order chi connectivity index (χ1) is 9.31. The molecule has 1 unspecified atom stereocenters. The van der Waals surface area contributed by atoms with E-state index in [0.29, 0.717) is 11.4 Å². The fourth-order valence-electron chi connectivity index (χ4n) is 1.75. The molecule has 0 amide bonds. The molecule has 0 spiro atoms. The zero-order valence-electron chi connectivity index (χ0n) is 11.1. The third kappa shape index (κ3) is 3.69. The molecule has 0 heterocycles. The lowest BCUT2D eigenvalue weighted by Crippen LogP contribution is -2.43. The standard InChI is InChI=1S/C12H16F3N3O2/c1-18(9-5-3-4-6-10(9)20-2)7-8(11(16)17-19)12(13,14)15/h3-6,8,19H,7H2,1-2H3,(H2,16,17). The molecule has 0 radical (unpaired) electrons. The van der Waals surface area contributed by atoms with E-state index in [0.717, 1.165) is 0 Å². The molecule has 0 aromatic heterocycles. The number of halogens is 3. The van der Waals surface area contributed by atoms with Gasteiger partial charge in [-0.05, 0) is 12.1 Å². The van der Waals surface area contributed by atoms with E-state index in [2.05, 4.69) is 5.16 Å². The molecule has 8 heteroatoms. The zero-order chi connectivity index (χ0) is 15.3. The van der Waals surface area contributed by atoms with Crippen LogP contribution >= 0.6 is 0 Å².